The van der Waals surface area contributed by atoms with E-state index in [1.54, 1.807) is 23.6 Å². The monoisotopic (exact) mass is 272 g/mol. The van der Waals surface area contributed by atoms with Crippen LogP contribution in [0.15, 0.2) is 23.6 Å². The number of carbonyl (C=O) groups is 1. The van der Waals surface area contributed by atoms with Crippen LogP contribution in [0.5, 0.6) is 0 Å². The molecule has 1 aromatic heterocycles. The highest BCUT2D eigenvalue weighted by atomic mass is 35.5. The van der Waals surface area contributed by atoms with Gasteiger partial charge in [-0.1, -0.05) is 23.2 Å². The van der Waals surface area contributed by atoms with Crippen LogP contribution in [0.4, 0.5) is 0 Å². The molecule has 2 rings (SSSR count). The fourth-order valence-electron chi connectivity index (χ4n) is 1.20. The zero-order valence-corrected chi connectivity index (χ0v) is 10.2. The number of amides is 1. The molecule has 2 aromatic rings. The number of thiazole rings is 1. The summed E-state index contributed by atoms with van der Waals surface area (Å²) in [6, 6.07) is 5.07. The van der Waals surface area contributed by atoms with Gasteiger partial charge in [0.05, 0.1) is 10.7 Å². The summed E-state index contributed by atoms with van der Waals surface area (Å²) in [5.41, 5.74) is 6.42. The van der Waals surface area contributed by atoms with Crippen molar-refractivity contribution >= 4 is 40.4 Å². The Balaban J connectivity index is 2.50. The number of aromatic nitrogens is 1. The number of nitrogens with two attached hydrogens (primary N) is 1. The van der Waals surface area contributed by atoms with Crippen LogP contribution in [0.3, 0.4) is 0 Å². The largest absolute Gasteiger partial charge is 0.364 e. The van der Waals surface area contributed by atoms with Gasteiger partial charge >= 0.3 is 0 Å². The highest BCUT2D eigenvalue weighted by Gasteiger charge is 2.11. The molecule has 0 saturated carbocycles. The van der Waals surface area contributed by atoms with Gasteiger partial charge in [0.1, 0.15) is 0 Å². The molecule has 1 heterocycles. The molecule has 0 bridgehead atoms. The van der Waals surface area contributed by atoms with Gasteiger partial charge in [-0.05, 0) is 18.2 Å². The van der Waals surface area contributed by atoms with Gasteiger partial charge < -0.3 is 5.73 Å². The number of hydrogen-bond donors (Lipinski definition) is 1. The van der Waals surface area contributed by atoms with E-state index in [-0.39, 0.29) is 5.01 Å². The average molecular weight is 273 g/mol. The summed E-state index contributed by atoms with van der Waals surface area (Å²) >= 11 is 13.1. The van der Waals surface area contributed by atoms with Gasteiger partial charge in [0, 0.05) is 16.0 Å². The molecule has 6 heteroatoms. The summed E-state index contributed by atoms with van der Waals surface area (Å²) in [7, 11) is 0. The Bertz CT molecular complexity index is 554. The number of halogens is 2. The minimum absolute atomic E-state index is 0.256. The molecular weight excluding hydrogens is 267 g/mol. The van der Waals surface area contributed by atoms with Crippen LogP contribution in [0.2, 0.25) is 10.0 Å². The Morgan fingerprint density at radius 1 is 1.38 bits per heavy atom. The molecular formula is C10H6Cl2N2OS. The van der Waals surface area contributed by atoms with Crippen LogP contribution >= 0.6 is 34.5 Å². The summed E-state index contributed by atoms with van der Waals surface area (Å²) in [5.74, 6) is -0.547. The molecule has 0 aliphatic rings. The third kappa shape index (κ3) is 2.19. The topological polar surface area (TPSA) is 56.0 Å². The lowest BCUT2D eigenvalue weighted by Gasteiger charge is -2.00. The van der Waals surface area contributed by atoms with E-state index in [0.29, 0.717) is 21.3 Å². The predicted molar refractivity (Wildman–Crippen MR) is 66.1 cm³/mol. The molecule has 82 valence electrons. The molecule has 0 radical (unpaired) electrons. The third-order valence-corrected chi connectivity index (χ3v) is 3.34. The molecule has 0 spiro atoms. The van der Waals surface area contributed by atoms with Gasteiger partial charge in [-0.2, -0.15) is 0 Å². The molecule has 3 nitrogen and oxygen atoms in total. The van der Waals surface area contributed by atoms with Gasteiger partial charge in [-0.3, -0.25) is 4.79 Å². The first-order valence-electron chi connectivity index (χ1n) is 4.28. The zero-order chi connectivity index (χ0) is 11.7. The van der Waals surface area contributed by atoms with E-state index >= 15 is 0 Å². The van der Waals surface area contributed by atoms with Gasteiger partial charge in [0.2, 0.25) is 0 Å². The van der Waals surface area contributed by atoms with Crippen molar-refractivity contribution in [2.45, 2.75) is 0 Å². The van der Waals surface area contributed by atoms with Crippen molar-refractivity contribution in [1.82, 2.24) is 4.98 Å². The van der Waals surface area contributed by atoms with Crippen LogP contribution in [0.1, 0.15) is 9.80 Å². The smallest absolute Gasteiger partial charge is 0.277 e. The summed E-state index contributed by atoms with van der Waals surface area (Å²) in [4.78, 5) is 15.0. The maximum atomic E-state index is 10.9. The van der Waals surface area contributed by atoms with E-state index in [9.17, 15) is 4.79 Å². The van der Waals surface area contributed by atoms with Crippen LogP contribution in [-0.2, 0) is 0 Å². The minimum atomic E-state index is -0.547. The molecule has 0 fully saturated rings. The van der Waals surface area contributed by atoms with Crippen molar-refractivity contribution in [3.8, 4) is 11.3 Å². The van der Waals surface area contributed by atoms with Crippen LogP contribution < -0.4 is 5.73 Å². The van der Waals surface area contributed by atoms with Gasteiger partial charge in [0.15, 0.2) is 5.01 Å². The van der Waals surface area contributed by atoms with Crippen molar-refractivity contribution in [3.05, 3.63) is 38.6 Å². The fourth-order valence-corrected chi connectivity index (χ4v) is 2.26. The van der Waals surface area contributed by atoms with Gasteiger partial charge in [-0.25, -0.2) is 4.98 Å². The lowest BCUT2D eigenvalue weighted by Crippen LogP contribution is -2.10. The number of benzene rings is 1. The molecule has 1 aromatic carbocycles. The first-order chi connectivity index (χ1) is 7.58. The van der Waals surface area contributed by atoms with Gasteiger partial charge in [0.25, 0.3) is 5.91 Å². The van der Waals surface area contributed by atoms with Crippen molar-refractivity contribution in [3.63, 3.8) is 0 Å². The standard InChI is InChI=1S/C10H6Cl2N2OS/c11-5-1-2-7(12)6(3-5)8-4-16-10(14-8)9(13)15/h1-4H,(H2,13,15). The molecule has 0 aliphatic heterocycles. The Morgan fingerprint density at radius 3 is 2.75 bits per heavy atom. The summed E-state index contributed by atoms with van der Waals surface area (Å²) < 4.78 is 0. The quantitative estimate of drug-likeness (QED) is 0.913. The highest BCUT2D eigenvalue weighted by molar-refractivity contribution is 7.12. The van der Waals surface area contributed by atoms with E-state index in [0.717, 1.165) is 0 Å². The number of carbonyl (C=O) groups excluding carboxylic acids is 1. The predicted octanol–water partition coefficient (Wildman–Crippen LogP) is 3.22. The molecule has 0 atom stereocenters. The number of primary amides is 1. The van der Waals surface area contributed by atoms with Gasteiger partial charge in [-0.15, -0.1) is 11.3 Å². The summed E-state index contributed by atoms with van der Waals surface area (Å²) in [6.07, 6.45) is 0. The van der Waals surface area contributed by atoms with E-state index in [1.165, 1.54) is 11.3 Å². The summed E-state index contributed by atoms with van der Waals surface area (Å²) in [5, 5.41) is 3.07. The molecule has 0 saturated heterocycles. The second-order valence-electron chi connectivity index (χ2n) is 3.03. The van der Waals surface area contributed by atoms with Crippen LogP contribution in [-0.4, -0.2) is 10.9 Å². The zero-order valence-electron chi connectivity index (χ0n) is 7.91. The maximum absolute atomic E-state index is 10.9. The number of rotatable bonds is 2. The van der Waals surface area contributed by atoms with Crippen molar-refractivity contribution < 1.29 is 4.79 Å². The molecule has 1 amide bonds. The second kappa shape index (κ2) is 4.41. The second-order valence-corrected chi connectivity index (χ2v) is 4.73. The van der Waals surface area contributed by atoms with Crippen molar-refractivity contribution in [1.29, 1.82) is 0 Å². The van der Waals surface area contributed by atoms with Crippen LogP contribution in [0, 0.1) is 0 Å². The maximum Gasteiger partial charge on any atom is 0.277 e. The minimum Gasteiger partial charge on any atom is -0.364 e. The number of nitrogens with zero attached hydrogens (tertiary/aromatic N) is 1. The Labute approximate surface area is 106 Å². The van der Waals surface area contributed by atoms with Crippen molar-refractivity contribution in [2.75, 3.05) is 0 Å². The van der Waals surface area contributed by atoms with E-state index in [1.807, 2.05) is 0 Å². The van der Waals surface area contributed by atoms with Crippen molar-refractivity contribution in [2.24, 2.45) is 5.73 Å². The van der Waals surface area contributed by atoms with Crippen LogP contribution in [0.25, 0.3) is 11.3 Å². The summed E-state index contributed by atoms with van der Waals surface area (Å²) in [6.45, 7) is 0. The Morgan fingerprint density at radius 2 is 2.12 bits per heavy atom. The van der Waals surface area contributed by atoms with E-state index in [4.69, 9.17) is 28.9 Å². The van der Waals surface area contributed by atoms with E-state index < -0.39 is 5.91 Å². The molecule has 16 heavy (non-hydrogen) atoms. The van der Waals surface area contributed by atoms with E-state index in [2.05, 4.69) is 4.98 Å². The molecule has 0 unspecified atom stereocenters. The SMILES string of the molecule is NC(=O)c1nc(-c2cc(Cl)ccc2Cl)cs1. The average Bonchev–Trinajstić information content (AvgIpc) is 2.70. The Kier molecular flexibility index (Phi) is 3.14. The third-order valence-electron chi connectivity index (χ3n) is 1.92. The lowest BCUT2D eigenvalue weighted by atomic mass is 10.2. The highest BCUT2D eigenvalue weighted by Crippen LogP contribution is 2.31. The molecule has 0 aliphatic carbocycles. The molecule has 2 N–H and O–H groups in total. The number of hydrogen-bond acceptors (Lipinski definition) is 3. The normalized spacial score (nSPS) is 10.4. The Hall–Kier alpha value is -1.10. The first-order valence-corrected chi connectivity index (χ1v) is 5.92. The lowest BCUT2D eigenvalue weighted by molar-refractivity contribution is 0.1000. The first kappa shape index (κ1) is 11.4. The fraction of sp³-hybridized carbons (Fsp3) is 0.